The fraction of sp³-hybridized carbons (Fsp3) is 0.211. The summed E-state index contributed by atoms with van der Waals surface area (Å²) >= 11 is 3.62. The fourth-order valence-electron chi connectivity index (χ4n) is 3.82. The molecule has 1 spiro atoms. The molecule has 2 heterocycles. The van der Waals surface area contributed by atoms with Crippen LogP contribution in [0.1, 0.15) is 24.8 Å². The van der Waals surface area contributed by atoms with Crippen molar-refractivity contribution in [2.45, 2.75) is 24.7 Å². The summed E-state index contributed by atoms with van der Waals surface area (Å²) in [4.78, 5) is 17.0. The van der Waals surface area contributed by atoms with Crippen molar-refractivity contribution in [3.63, 3.8) is 0 Å². The molecule has 5 nitrogen and oxygen atoms in total. The van der Waals surface area contributed by atoms with Crippen LogP contribution in [0.5, 0.6) is 0 Å². The molecule has 3 aromatic rings. The molecule has 124 valence electrons. The summed E-state index contributed by atoms with van der Waals surface area (Å²) in [5.74, 6) is 0.889. The van der Waals surface area contributed by atoms with Gasteiger partial charge < -0.3 is 5.32 Å². The van der Waals surface area contributed by atoms with Crippen LogP contribution in [0.25, 0.3) is 17.1 Å². The molecular weight excluding hydrogens is 380 g/mol. The summed E-state index contributed by atoms with van der Waals surface area (Å²) in [7, 11) is 0. The highest BCUT2D eigenvalue weighted by Crippen LogP contribution is 2.53. The maximum atomic E-state index is 12.5. The lowest BCUT2D eigenvalue weighted by Crippen LogP contribution is -2.40. The number of carbonyl (C=O) groups is 1. The van der Waals surface area contributed by atoms with E-state index in [1.165, 1.54) is 0 Å². The largest absolute Gasteiger partial charge is 0.324 e. The zero-order chi connectivity index (χ0) is 17.0. The van der Waals surface area contributed by atoms with Crippen LogP contribution in [0.2, 0.25) is 0 Å². The first-order valence-electron chi connectivity index (χ1n) is 8.30. The zero-order valence-corrected chi connectivity index (χ0v) is 15.0. The second-order valence-electron chi connectivity index (χ2n) is 6.60. The van der Waals surface area contributed by atoms with Gasteiger partial charge >= 0.3 is 0 Å². The molecule has 1 amide bonds. The molecule has 1 aliphatic heterocycles. The van der Waals surface area contributed by atoms with E-state index in [0.29, 0.717) is 0 Å². The van der Waals surface area contributed by atoms with Gasteiger partial charge in [-0.3, -0.25) is 4.79 Å². The van der Waals surface area contributed by atoms with Gasteiger partial charge in [-0.1, -0.05) is 24.6 Å². The Kier molecular flexibility index (Phi) is 3.12. The van der Waals surface area contributed by atoms with Gasteiger partial charge in [0.05, 0.1) is 16.8 Å². The quantitative estimate of drug-likeness (QED) is 0.712. The molecular formula is C19H15BrN4O. The Bertz CT molecular complexity index is 992. The van der Waals surface area contributed by atoms with E-state index in [0.717, 1.165) is 52.1 Å². The number of para-hydroxylation sites is 1. The monoisotopic (exact) mass is 394 g/mol. The minimum Gasteiger partial charge on any atom is -0.324 e. The predicted molar refractivity (Wildman–Crippen MR) is 98.7 cm³/mol. The minimum absolute atomic E-state index is 0.121. The van der Waals surface area contributed by atoms with Crippen molar-refractivity contribution in [1.82, 2.24) is 14.8 Å². The maximum Gasteiger partial charge on any atom is 0.235 e. The van der Waals surface area contributed by atoms with Crippen LogP contribution in [0.15, 0.2) is 53.3 Å². The van der Waals surface area contributed by atoms with Crippen molar-refractivity contribution in [1.29, 1.82) is 0 Å². The molecule has 2 aliphatic rings. The Morgan fingerprint density at radius 2 is 1.96 bits per heavy atom. The highest BCUT2D eigenvalue weighted by Gasteiger charge is 2.51. The Hall–Kier alpha value is -2.47. The molecule has 6 heteroatoms. The lowest BCUT2D eigenvalue weighted by molar-refractivity contribution is -0.123. The van der Waals surface area contributed by atoms with Crippen LogP contribution in [-0.2, 0) is 10.2 Å². The predicted octanol–water partition coefficient (Wildman–Crippen LogP) is 4.07. The number of halogens is 1. The SMILES string of the molecule is O=C1Nc2c(Br)cc(-c3ncnn3-c3ccccc3)cc2C12CCC2. The number of carbonyl (C=O) groups excluding carboxylic acids is 1. The topological polar surface area (TPSA) is 59.8 Å². The number of anilines is 1. The van der Waals surface area contributed by atoms with E-state index in [1.54, 1.807) is 6.33 Å². The summed E-state index contributed by atoms with van der Waals surface area (Å²) in [6.45, 7) is 0. The summed E-state index contributed by atoms with van der Waals surface area (Å²) in [6.07, 6.45) is 4.47. The van der Waals surface area contributed by atoms with Crippen LogP contribution in [-0.4, -0.2) is 20.7 Å². The van der Waals surface area contributed by atoms with Gasteiger partial charge in [0.25, 0.3) is 0 Å². The van der Waals surface area contributed by atoms with Crippen molar-refractivity contribution in [2.75, 3.05) is 5.32 Å². The highest BCUT2D eigenvalue weighted by atomic mass is 79.9. The smallest absolute Gasteiger partial charge is 0.235 e. The van der Waals surface area contributed by atoms with E-state index in [2.05, 4.69) is 37.4 Å². The first-order chi connectivity index (χ1) is 12.2. The van der Waals surface area contributed by atoms with Crippen LogP contribution >= 0.6 is 15.9 Å². The van der Waals surface area contributed by atoms with Gasteiger partial charge in [-0.2, -0.15) is 5.10 Å². The first kappa shape index (κ1) is 14.8. The van der Waals surface area contributed by atoms with Gasteiger partial charge in [0.15, 0.2) is 5.82 Å². The number of hydrogen-bond donors (Lipinski definition) is 1. The molecule has 25 heavy (non-hydrogen) atoms. The van der Waals surface area contributed by atoms with Crippen molar-refractivity contribution >= 4 is 27.5 Å². The number of aromatic nitrogens is 3. The fourth-order valence-corrected chi connectivity index (χ4v) is 4.38. The maximum absolute atomic E-state index is 12.5. The Balaban J connectivity index is 1.68. The van der Waals surface area contributed by atoms with Crippen LogP contribution in [0.3, 0.4) is 0 Å². The molecule has 2 aromatic carbocycles. The molecule has 1 N–H and O–H groups in total. The third-order valence-electron chi connectivity index (χ3n) is 5.29. The average molecular weight is 395 g/mol. The number of rotatable bonds is 2. The van der Waals surface area contributed by atoms with E-state index < -0.39 is 0 Å². The zero-order valence-electron chi connectivity index (χ0n) is 13.4. The van der Waals surface area contributed by atoms with E-state index in [-0.39, 0.29) is 11.3 Å². The van der Waals surface area contributed by atoms with Gasteiger partial charge in [0, 0.05) is 10.0 Å². The molecule has 1 aromatic heterocycles. The molecule has 0 saturated heterocycles. The third kappa shape index (κ3) is 2.03. The van der Waals surface area contributed by atoms with Gasteiger partial charge in [-0.25, -0.2) is 9.67 Å². The number of benzene rings is 2. The Labute approximate surface area is 153 Å². The average Bonchev–Trinajstić information content (AvgIpc) is 3.17. The van der Waals surface area contributed by atoms with Crippen LogP contribution in [0, 0.1) is 0 Å². The van der Waals surface area contributed by atoms with E-state index >= 15 is 0 Å². The Morgan fingerprint density at radius 1 is 1.16 bits per heavy atom. The van der Waals surface area contributed by atoms with Gasteiger partial charge in [-0.05, 0) is 58.6 Å². The second kappa shape index (κ2) is 5.26. The Morgan fingerprint density at radius 3 is 2.68 bits per heavy atom. The number of nitrogens with one attached hydrogen (secondary N) is 1. The third-order valence-corrected chi connectivity index (χ3v) is 5.92. The molecule has 0 atom stereocenters. The second-order valence-corrected chi connectivity index (χ2v) is 7.46. The van der Waals surface area contributed by atoms with Crippen molar-refractivity contribution in [2.24, 2.45) is 0 Å². The summed E-state index contributed by atoms with van der Waals surface area (Å²) < 4.78 is 2.71. The number of fused-ring (bicyclic) bond motifs is 2. The van der Waals surface area contributed by atoms with Gasteiger partial charge in [0.2, 0.25) is 5.91 Å². The summed E-state index contributed by atoms with van der Waals surface area (Å²) in [6, 6.07) is 14.0. The molecule has 0 bridgehead atoms. The molecule has 1 aliphatic carbocycles. The van der Waals surface area contributed by atoms with E-state index in [1.807, 2.05) is 41.1 Å². The first-order valence-corrected chi connectivity index (χ1v) is 9.10. The lowest BCUT2D eigenvalue weighted by atomic mass is 9.65. The molecule has 0 radical (unpaired) electrons. The number of hydrogen-bond acceptors (Lipinski definition) is 3. The summed E-state index contributed by atoms with van der Waals surface area (Å²) in [5, 5.41) is 7.43. The van der Waals surface area contributed by atoms with E-state index in [9.17, 15) is 4.79 Å². The van der Waals surface area contributed by atoms with Crippen molar-refractivity contribution < 1.29 is 4.79 Å². The summed E-state index contributed by atoms with van der Waals surface area (Å²) in [5.41, 5.74) is 3.54. The highest BCUT2D eigenvalue weighted by molar-refractivity contribution is 9.10. The lowest BCUT2D eigenvalue weighted by Gasteiger charge is -2.36. The standard InChI is InChI=1S/C19H15BrN4O/c20-15-10-12(9-14-16(15)23-18(25)19(14)7-4-8-19)17-21-11-22-24(17)13-5-2-1-3-6-13/h1-3,5-6,9-11H,4,7-8H2,(H,23,25). The van der Waals surface area contributed by atoms with Crippen molar-refractivity contribution in [3.05, 3.63) is 58.8 Å². The van der Waals surface area contributed by atoms with E-state index in [4.69, 9.17) is 0 Å². The number of nitrogens with zero attached hydrogens (tertiary/aromatic N) is 3. The van der Waals surface area contributed by atoms with Gasteiger partial charge in [0.1, 0.15) is 6.33 Å². The van der Waals surface area contributed by atoms with Crippen LogP contribution < -0.4 is 5.32 Å². The number of amides is 1. The minimum atomic E-state index is -0.356. The van der Waals surface area contributed by atoms with Crippen molar-refractivity contribution in [3.8, 4) is 17.1 Å². The van der Waals surface area contributed by atoms with Gasteiger partial charge in [-0.15, -0.1) is 0 Å². The molecule has 0 unspecified atom stereocenters. The normalized spacial score (nSPS) is 17.2. The van der Waals surface area contributed by atoms with Crippen LogP contribution in [0.4, 0.5) is 5.69 Å². The molecule has 1 fully saturated rings. The molecule has 5 rings (SSSR count). The molecule has 1 saturated carbocycles.